The van der Waals surface area contributed by atoms with Crippen LogP contribution in [0.3, 0.4) is 0 Å². The van der Waals surface area contributed by atoms with Crippen molar-refractivity contribution in [2.45, 2.75) is 45.6 Å². The first-order chi connectivity index (χ1) is 7.03. The summed E-state index contributed by atoms with van der Waals surface area (Å²) in [4.78, 5) is 2.45. The lowest BCUT2D eigenvalue weighted by Crippen LogP contribution is -2.38. The highest BCUT2D eigenvalue weighted by Gasteiger charge is 2.23. The van der Waals surface area contributed by atoms with Gasteiger partial charge in [0, 0.05) is 19.2 Å². The second-order valence-corrected chi connectivity index (χ2v) is 5.59. The molecule has 1 fully saturated rings. The summed E-state index contributed by atoms with van der Waals surface area (Å²) in [5, 5.41) is 8.81. The molecule has 0 aromatic heterocycles. The first-order valence-corrected chi connectivity index (χ1v) is 6.12. The molecule has 3 nitrogen and oxygen atoms in total. The van der Waals surface area contributed by atoms with Crippen LogP contribution in [-0.4, -0.2) is 42.3 Å². The monoisotopic (exact) mass is 214 g/mol. The van der Waals surface area contributed by atoms with Gasteiger partial charge in [0.2, 0.25) is 0 Å². The first-order valence-electron chi connectivity index (χ1n) is 6.12. The van der Waals surface area contributed by atoms with E-state index in [2.05, 4.69) is 18.7 Å². The van der Waals surface area contributed by atoms with Crippen molar-refractivity contribution in [3.63, 3.8) is 0 Å². The van der Waals surface area contributed by atoms with Crippen molar-refractivity contribution in [2.24, 2.45) is 11.1 Å². The van der Waals surface area contributed by atoms with Crippen molar-refractivity contribution in [2.75, 3.05) is 26.2 Å². The van der Waals surface area contributed by atoms with E-state index in [1.165, 1.54) is 25.8 Å². The maximum Gasteiger partial charge on any atom is 0.0446 e. The Morgan fingerprint density at radius 2 is 2.07 bits per heavy atom. The predicted molar refractivity (Wildman–Crippen MR) is 63.8 cm³/mol. The number of aliphatic hydroxyl groups excluding tert-OH is 1. The number of nitrogens with zero attached hydrogens (tertiary/aromatic N) is 1. The van der Waals surface area contributed by atoms with Crippen molar-refractivity contribution in [3.8, 4) is 0 Å². The van der Waals surface area contributed by atoms with E-state index in [4.69, 9.17) is 10.8 Å². The van der Waals surface area contributed by atoms with Gasteiger partial charge in [0.05, 0.1) is 0 Å². The van der Waals surface area contributed by atoms with Crippen LogP contribution in [0.4, 0.5) is 0 Å². The van der Waals surface area contributed by atoms with Gasteiger partial charge >= 0.3 is 0 Å². The summed E-state index contributed by atoms with van der Waals surface area (Å²) in [5.74, 6) is 0. The van der Waals surface area contributed by atoms with Crippen LogP contribution in [0.15, 0.2) is 0 Å². The molecule has 1 atom stereocenters. The summed E-state index contributed by atoms with van der Waals surface area (Å²) < 4.78 is 0. The molecule has 3 heteroatoms. The molecule has 0 aliphatic carbocycles. The molecule has 1 rings (SSSR count). The van der Waals surface area contributed by atoms with E-state index in [0.717, 1.165) is 19.5 Å². The number of nitrogens with two attached hydrogens (primary N) is 1. The summed E-state index contributed by atoms with van der Waals surface area (Å²) in [6, 6.07) is 0.135. The van der Waals surface area contributed by atoms with Crippen molar-refractivity contribution in [1.82, 2.24) is 4.90 Å². The van der Waals surface area contributed by atoms with E-state index < -0.39 is 0 Å². The minimum absolute atomic E-state index is 0.135. The Bertz CT molecular complexity index is 182. The zero-order valence-corrected chi connectivity index (χ0v) is 10.2. The third-order valence-corrected chi connectivity index (χ3v) is 3.43. The van der Waals surface area contributed by atoms with Crippen molar-refractivity contribution in [1.29, 1.82) is 0 Å². The molecule has 1 aliphatic rings. The van der Waals surface area contributed by atoms with Crippen LogP contribution in [0, 0.1) is 5.41 Å². The second-order valence-electron chi connectivity index (χ2n) is 5.59. The molecular weight excluding hydrogens is 188 g/mol. The van der Waals surface area contributed by atoms with Gasteiger partial charge in [-0.1, -0.05) is 13.8 Å². The van der Waals surface area contributed by atoms with Gasteiger partial charge in [-0.3, -0.25) is 0 Å². The maximum atomic E-state index is 8.81. The Labute approximate surface area is 93.6 Å². The van der Waals surface area contributed by atoms with E-state index in [1.54, 1.807) is 0 Å². The van der Waals surface area contributed by atoms with Crippen LogP contribution in [-0.2, 0) is 0 Å². The van der Waals surface area contributed by atoms with Gasteiger partial charge in [0.25, 0.3) is 0 Å². The third kappa shape index (κ3) is 4.96. The molecule has 1 saturated heterocycles. The van der Waals surface area contributed by atoms with E-state index in [-0.39, 0.29) is 12.6 Å². The van der Waals surface area contributed by atoms with Crippen molar-refractivity contribution < 1.29 is 5.11 Å². The quantitative estimate of drug-likeness (QED) is 0.739. The maximum absolute atomic E-state index is 8.81. The molecule has 0 bridgehead atoms. The van der Waals surface area contributed by atoms with E-state index in [9.17, 15) is 0 Å². The fourth-order valence-corrected chi connectivity index (χ4v) is 2.25. The second kappa shape index (κ2) is 5.83. The topological polar surface area (TPSA) is 49.5 Å². The zero-order valence-electron chi connectivity index (χ0n) is 10.2. The first kappa shape index (κ1) is 12.9. The molecule has 1 unspecified atom stereocenters. The lowest BCUT2D eigenvalue weighted by molar-refractivity contribution is 0.222. The predicted octanol–water partition coefficient (Wildman–Crippen LogP) is 1.21. The number of hydrogen-bond acceptors (Lipinski definition) is 3. The van der Waals surface area contributed by atoms with Crippen LogP contribution in [0.5, 0.6) is 0 Å². The third-order valence-electron chi connectivity index (χ3n) is 3.43. The Kier molecular flexibility index (Phi) is 5.03. The van der Waals surface area contributed by atoms with E-state index in [0.29, 0.717) is 5.41 Å². The summed E-state index contributed by atoms with van der Waals surface area (Å²) in [6.07, 6.45) is 4.58. The SMILES string of the molecule is CC1(C)CCCN(CC(N)CCO)CC1. The number of likely N-dealkylation sites (tertiary alicyclic amines) is 1. The Hall–Kier alpha value is -0.120. The summed E-state index contributed by atoms with van der Waals surface area (Å²) in [6.45, 7) is 8.18. The molecule has 90 valence electrons. The molecular formula is C12H26N2O. The fraction of sp³-hybridized carbons (Fsp3) is 1.00. The number of aliphatic hydroxyl groups is 1. The summed E-state index contributed by atoms with van der Waals surface area (Å²) >= 11 is 0. The van der Waals surface area contributed by atoms with Crippen LogP contribution in [0.25, 0.3) is 0 Å². The van der Waals surface area contributed by atoms with Gasteiger partial charge in [-0.25, -0.2) is 0 Å². The number of rotatable bonds is 4. The Morgan fingerprint density at radius 3 is 2.73 bits per heavy atom. The smallest absolute Gasteiger partial charge is 0.0446 e. The van der Waals surface area contributed by atoms with E-state index in [1.807, 2.05) is 0 Å². The van der Waals surface area contributed by atoms with Gasteiger partial charge in [-0.15, -0.1) is 0 Å². The minimum Gasteiger partial charge on any atom is -0.396 e. The molecule has 1 aliphatic heterocycles. The average Bonchev–Trinajstić information content (AvgIpc) is 2.28. The fourth-order valence-electron chi connectivity index (χ4n) is 2.25. The van der Waals surface area contributed by atoms with Crippen LogP contribution in [0.1, 0.15) is 39.5 Å². The lowest BCUT2D eigenvalue weighted by atomic mass is 9.85. The molecule has 1 heterocycles. The van der Waals surface area contributed by atoms with E-state index >= 15 is 0 Å². The van der Waals surface area contributed by atoms with Crippen molar-refractivity contribution in [3.05, 3.63) is 0 Å². The standard InChI is InChI=1S/C12H26N2O/c1-12(2)5-3-7-14(8-6-12)10-11(13)4-9-15/h11,15H,3-10,13H2,1-2H3. The van der Waals surface area contributed by atoms with Crippen LogP contribution < -0.4 is 5.73 Å². The van der Waals surface area contributed by atoms with Gasteiger partial charge in [-0.05, 0) is 44.2 Å². The summed E-state index contributed by atoms with van der Waals surface area (Å²) in [7, 11) is 0. The zero-order chi connectivity index (χ0) is 11.3. The number of hydrogen-bond donors (Lipinski definition) is 2. The van der Waals surface area contributed by atoms with Gasteiger partial charge in [-0.2, -0.15) is 0 Å². The van der Waals surface area contributed by atoms with Gasteiger partial charge < -0.3 is 15.7 Å². The molecule has 15 heavy (non-hydrogen) atoms. The Morgan fingerprint density at radius 1 is 1.33 bits per heavy atom. The molecule has 0 spiro atoms. The van der Waals surface area contributed by atoms with Gasteiger partial charge in [0.1, 0.15) is 0 Å². The highest BCUT2D eigenvalue weighted by atomic mass is 16.3. The molecule has 0 aromatic carbocycles. The molecule has 0 saturated carbocycles. The minimum atomic E-state index is 0.135. The highest BCUT2D eigenvalue weighted by Crippen LogP contribution is 2.29. The normalized spacial score (nSPS) is 24.8. The lowest BCUT2D eigenvalue weighted by Gasteiger charge is -2.25. The van der Waals surface area contributed by atoms with Crippen LogP contribution >= 0.6 is 0 Å². The summed E-state index contributed by atoms with van der Waals surface area (Å²) in [5.41, 5.74) is 6.43. The molecule has 0 amide bonds. The highest BCUT2D eigenvalue weighted by molar-refractivity contribution is 4.78. The molecule has 3 N–H and O–H groups in total. The molecule has 0 aromatic rings. The van der Waals surface area contributed by atoms with Crippen molar-refractivity contribution >= 4 is 0 Å². The Balaban J connectivity index is 2.31. The van der Waals surface area contributed by atoms with Gasteiger partial charge in [0.15, 0.2) is 0 Å². The van der Waals surface area contributed by atoms with Crippen LogP contribution in [0.2, 0.25) is 0 Å². The largest absolute Gasteiger partial charge is 0.396 e. The average molecular weight is 214 g/mol. The molecule has 0 radical (unpaired) electrons.